The minimum atomic E-state index is -1.28. The average molecular weight is 284 g/mol. The predicted molar refractivity (Wildman–Crippen MR) is 74.3 cm³/mol. The van der Waals surface area contributed by atoms with Crippen molar-refractivity contribution in [1.29, 1.82) is 0 Å². The zero-order valence-corrected chi connectivity index (χ0v) is 12.4. The molecule has 0 spiro atoms. The molecule has 0 heterocycles. The van der Waals surface area contributed by atoms with Crippen LogP contribution in [0.5, 0.6) is 0 Å². The van der Waals surface area contributed by atoms with Crippen molar-refractivity contribution in [2.24, 2.45) is 0 Å². The first-order valence-corrected chi connectivity index (χ1v) is 9.42. The molecule has 0 radical (unpaired) electrons. The lowest BCUT2D eigenvalue weighted by atomic mass is 10.1. The van der Waals surface area contributed by atoms with Gasteiger partial charge in [0.2, 0.25) is 0 Å². The summed E-state index contributed by atoms with van der Waals surface area (Å²) in [6.45, 7) is 8.97. The maximum atomic E-state index is 3.63. The van der Waals surface area contributed by atoms with Crippen LogP contribution in [0.25, 0.3) is 5.70 Å². The van der Waals surface area contributed by atoms with Crippen LogP contribution in [0.15, 0.2) is 34.8 Å². The second kappa shape index (κ2) is 4.99. The molecular formula is C12H18BrNSi. The first kappa shape index (κ1) is 12.5. The van der Waals surface area contributed by atoms with E-state index < -0.39 is 8.24 Å². The van der Waals surface area contributed by atoms with Crippen molar-refractivity contribution in [1.82, 2.24) is 4.98 Å². The second-order valence-electron chi connectivity index (χ2n) is 4.59. The Morgan fingerprint density at radius 3 is 2.47 bits per heavy atom. The Labute approximate surface area is 102 Å². The Balaban J connectivity index is 2.95. The lowest BCUT2D eigenvalue weighted by Gasteiger charge is -2.22. The van der Waals surface area contributed by atoms with Crippen LogP contribution in [0, 0.1) is 0 Å². The van der Waals surface area contributed by atoms with Gasteiger partial charge in [-0.25, -0.2) is 0 Å². The van der Waals surface area contributed by atoms with Crippen molar-refractivity contribution < 1.29 is 0 Å². The van der Waals surface area contributed by atoms with E-state index in [1.807, 2.05) is 6.07 Å². The fraction of sp³-hybridized carbons (Fsp3) is 0.333. The molecule has 0 saturated carbocycles. The van der Waals surface area contributed by atoms with Crippen LogP contribution in [0.2, 0.25) is 19.6 Å². The summed E-state index contributed by atoms with van der Waals surface area (Å²) < 4.78 is 1.12. The summed E-state index contributed by atoms with van der Waals surface area (Å²) in [5.74, 6) is 0. The molecule has 0 aliphatic heterocycles. The van der Waals surface area contributed by atoms with Gasteiger partial charge in [0.1, 0.15) is 8.24 Å². The highest BCUT2D eigenvalue weighted by atomic mass is 79.9. The van der Waals surface area contributed by atoms with E-state index in [-0.39, 0.29) is 0 Å². The molecule has 82 valence electrons. The van der Waals surface area contributed by atoms with Crippen molar-refractivity contribution in [2.75, 3.05) is 0 Å². The number of nitrogens with one attached hydrogen (secondary N) is 1. The van der Waals surface area contributed by atoms with Crippen LogP contribution in [-0.4, -0.2) is 8.24 Å². The molecule has 0 atom stereocenters. The zero-order valence-electron chi connectivity index (χ0n) is 9.76. The highest BCUT2D eigenvalue weighted by Gasteiger charge is 2.14. The van der Waals surface area contributed by atoms with Crippen LogP contribution in [0.1, 0.15) is 12.5 Å². The SMILES string of the molecule is C/C=C(\N[Si](C)(C)C)c1cccc(Br)c1. The molecule has 0 bridgehead atoms. The van der Waals surface area contributed by atoms with E-state index in [2.05, 4.69) is 71.8 Å². The Hall–Kier alpha value is -0.543. The number of allylic oxidation sites excluding steroid dienone is 1. The van der Waals surface area contributed by atoms with E-state index in [0.717, 1.165) is 4.47 Å². The van der Waals surface area contributed by atoms with E-state index in [1.165, 1.54) is 11.3 Å². The van der Waals surface area contributed by atoms with Crippen molar-refractivity contribution in [3.05, 3.63) is 40.4 Å². The molecule has 1 rings (SSSR count). The van der Waals surface area contributed by atoms with Gasteiger partial charge >= 0.3 is 0 Å². The highest BCUT2D eigenvalue weighted by molar-refractivity contribution is 9.10. The summed E-state index contributed by atoms with van der Waals surface area (Å²) in [6, 6.07) is 8.38. The lowest BCUT2D eigenvalue weighted by Crippen LogP contribution is -2.39. The maximum Gasteiger partial charge on any atom is 0.144 e. The van der Waals surface area contributed by atoms with Gasteiger partial charge in [-0.1, -0.05) is 53.8 Å². The molecule has 1 N–H and O–H groups in total. The Morgan fingerprint density at radius 1 is 1.33 bits per heavy atom. The zero-order chi connectivity index (χ0) is 11.5. The van der Waals surface area contributed by atoms with Crippen LogP contribution in [-0.2, 0) is 0 Å². The van der Waals surface area contributed by atoms with Gasteiger partial charge in [-0.05, 0) is 24.6 Å². The lowest BCUT2D eigenvalue weighted by molar-refractivity contribution is 1.26. The first-order valence-electron chi connectivity index (χ1n) is 5.13. The van der Waals surface area contributed by atoms with E-state index >= 15 is 0 Å². The number of benzene rings is 1. The van der Waals surface area contributed by atoms with Crippen LogP contribution in [0.3, 0.4) is 0 Å². The summed E-state index contributed by atoms with van der Waals surface area (Å²) >= 11 is 3.50. The standard InChI is InChI=1S/C12H18BrNSi/c1-5-12(14-15(2,3)4)10-7-6-8-11(13)9-10/h5-9,14H,1-4H3/b12-5-. The van der Waals surface area contributed by atoms with Gasteiger partial charge in [-0.2, -0.15) is 0 Å². The molecule has 1 aromatic carbocycles. The molecule has 0 saturated heterocycles. The third-order valence-electron chi connectivity index (χ3n) is 1.93. The molecule has 0 unspecified atom stereocenters. The van der Waals surface area contributed by atoms with Gasteiger partial charge in [0.15, 0.2) is 0 Å². The van der Waals surface area contributed by atoms with Gasteiger partial charge in [-0.3, -0.25) is 0 Å². The van der Waals surface area contributed by atoms with E-state index in [4.69, 9.17) is 0 Å². The Morgan fingerprint density at radius 2 is 2.00 bits per heavy atom. The molecule has 0 aliphatic rings. The minimum Gasteiger partial charge on any atom is -0.411 e. The number of hydrogen-bond donors (Lipinski definition) is 1. The van der Waals surface area contributed by atoms with Gasteiger partial charge in [-0.15, -0.1) is 0 Å². The molecule has 0 aromatic heterocycles. The van der Waals surface area contributed by atoms with Gasteiger partial charge in [0.05, 0.1) is 0 Å². The highest BCUT2D eigenvalue weighted by Crippen LogP contribution is 2.18. The topological polar surface area (TPSA) is 12.0 Å². The maximum absolute atomic E-state index is 3.63. The van der Waals surface area contributed by atoms with E-state index in [9.17, 15) is 0 Å². The number of halogens is 1. The molecule has 1 nitrogen and oxygen atoms in total. The summed E-state index contributed by atoms with van der Waals surface area (Å²) in [5, 5.41) is 0. The first-order chi connectivity index (χ1) is 6.92. The van der Waals surface area contributed by atoms with Crippen LogP contribution < -0.4 is 4.98 Å². The molecule has 15 heavy (non-hydrogen) atoms. The van der Waals surface area contributed by atoms with Gasteiger partial charge < -0.3 is 4.98 Å². The smallest absolute Gasteiger partial charge is 0.144 e. The fourth-order valence-electron chi connectivity index (χ4n) is 1.37. The van der Waals surface area contributed by atoms with Crippen molar-refractivity contribution in [2.45, 2.75) is 26.6 Å². The molecule has 0 aliphatic carbocycles. The number of hydrogen-bond acceptors (Lipinski definition) is 1. The molecular weight excluding hydrogens is 266 g/mol. The summed E-state index contributed by atoms with van der Waals surface area (Å²) in [4.78, 5) is 3.63. The third kappa shape index (κ3) is 4.22. The van der Waals surface area contributed by atoms with Crippen molar-refractivity contribution in [3.63, 3.8) is 0 Å². The summed E-state index contributed by atoms with van der Waals surface area (Å²) in [5.41, 5.74) is 2.48. The third-order valence-corrected chi connectivity index (χ3v) is 3.45. The summed E-state index contributed by atoms with van der Waals surface area (Å²) in [7, 11) is -1.28. The number of rotatable bonds is 3. The molecule has 3 heteroatoms. The van der Waals surface area contributed by atoms with Crippen LogP contribution in [0.4, 0.5) is 0 Å². The summed E-state index contributed by atoms with van der Waals surface area (Å²) in [6.07, 6.45) is 2.14. The molecule has 0 amide bonds. The van der Waals surface area contributed by atoms with Crippen molar-refractivity contribution in [3.8, 4) is 0 Å². The monoisotopic (exact) mass is 283 g/mol. The Bertz CT molecular complexity index is 366. The largest absolute Gasteiger partial charge is 0.411 e. The van der Waals surface area contributed by atoms with Gasteiger partial charge in [0.25, 0.3) is 0 Å². The minimum absolute atomic E-state index is 1.12. The van der Waals surface area contributed by atoms with E-state index in [0.29, 0.717) is 0 Å². The quantitative estimate of drug-likeness (QED) is 0.819. The normalized spacial score (nSPS) is 12.7. The molecule has 1 aromatic rings. The van der Waals surface area contributed by atoms with Gasteiger partial charge in [0, 0.05) is 10.2 Å². The van der Waals surface area contributed by atoms with E-state index in [1.54, 1.807) is 0 Å². The second-order valence-corrected chi connectivity index (χ2v) is 10.3. The molecule has 0 fully saturated rings. The Kier molecular flexibility index (Phi) is 4.17. The fourth-order valence-corrected chi connectivity index (χ4v) is 2.87. The predicted octanol–water partition coefficient (Wildman–Crippen LogP) is 4.23. The average Bonchev–Trinajstić information content (AvgIpc) is 2.13. The van der Waals surface area contributed by atoms with Crippen molar-refractivity contribution >= 4 is 29.9 Å². The van der Waals surface area contributed by atoms with Crippen LogP contribution >= 0.6 is 15.9 Å².